The van der Waals surface area contributed by atoms with Crippen molar-refractivity contribution in [3.8, 4) is 5.88 Å². The van der Waals surface area contributed by atoms with Gasteiger partial charge in [0.2, 0.25) is 11.8 Å². The van der Waals surface area contributed by atoms with Crippen LogP contribution < -0.4 is 15.0 Å². The molecule has 5 nitrogen and oxygen atoms in total. The summed E-state index contributed by atoms with van der Waals surface area (Å²) in [6.07, 6.45) is 3.60. The number of ether oxygens (including phenoxy) is 1. The Labute approximate surface area is 120 Å². The number of aryl methyl sites for hydroxylation is 1. The maximum atomic E-state index is 5.66. The van der Waals surface area contributed by atoms with Gasteiger partial charge in [0.15, 0.2) is 0 Å². The van der Waals surface area contributed by atoms with E-state index >= 15 is 0 Å². The van der Waals surface area contributed by atoms with Gasteiger partial charge in [-0.15, -0.1) is 0 Å². The topological polar surface area (TPSA) is 50.3 Å². The van der Waals surface area contributed by atoms with Gasteiger partial charge in [-0.1, -0.05) is 6.92 Å². The number of hydrogen-bond donors (Lipinski definition) is 1. The average molecular weight is 276 g/mol. The Kier molecular flexibility index (Phi) is 4.05. The molecule has 0 spiro atoms. The van der Waals surface area contributed by atoms with Crippen molar-refractivity contribution in [2.75, 3.05) is 31.1 Å². The first kappa shape index (κ1) is 13.6. The van der Waals surface area contributed by atoms with Crippen LogP contribution in [0, 0.1) is 12.8 Å². The molecule has 20 heavy (non-hydrogen) atoms. The highest BCUT2D eigenvalue weighted by molar-refractivity contribution is 5.37. The van der Waals surface area contributed by atoms with Crippen LogP contribution in [0.5, 0.6) is 5.88 Å². The van der Waals surface area contributed by atoms with Crippen molar-refractivity contribution in [2.45, 2.75) is 39.2 Å². The SMILES string of the molecule is CCCOc1cc(C)nc(N2CC3CCCNC3C2)n1. The molecule has 3 heterocycles. The Hall–Kier alpha value is -1.36. The van der Waals surface area contributed by atoms with Gasteiger partial charge >= 0.3 is 0 Å². The molecule has 2 saturated heterocycles. The minimum absolute atomic E-state index is 0.605. The van der Waals surface area contributed by atoms with Crippen LogP contribution in [-0.2, 0) is 0 Å². The van der Waals surface area contributed by atoms with Crippen LogP contribution >= 0.6 is 0 Å². The van der Waals surface area contributed by atoms with Crippen LogP contribution in [-0.4, -0.2) is 42.3 Å². The maximum Gasteiger partial charge on any atom is 0.228 e. The predicted molar refractivity (Wildman–Crippen MR) is 79.3 cm³/mol. The minimum atomic E-state index is 0.605. The minimum Gasteiger partial charge on any atom is -0.478 e. The molecular weight excluding hydrogens is 252 g/mol. The summed E-state index contributed by atoms with van der Waals surface area (Å²) in [6, 6.07) is 2.52. The second-order valence-corrected chi connectivity index (χ2v) is 5.86. The molecule has 2 fully saturated rings. The zero-order valence-electron chi connectivity index (χ0n) is 12.4. The van der Waals surface area contributed by atoms with Gasteiger partial charge in [0, 0.05) is 30.9 Å². The van der Waals surface area contributed by atoms with Crippen molar-refractivity contribution in [3.63, 3.8) is 0 Å². The third-order valence-corrected chi connectivity index (χ3v) is 4.16. The van der Waals surface area contributed by atoms with E-state index in [4.69, 9.17) is 4.74 Å². The summed E-state index contributed by atoms with van der Waals surface area (Å²) in [5.74, 6) is 2.28. The summed E-state index contributed by atoms with van der Waals surface area (Å²) in [5.41, 5.74) is 0.976. The quantitative estimate of drug-likeness (QED) is 0.908. The second-order valence-electron chi connectivity index (χ2n) is 5.86. The molecule has 0 saturated carbocycles. The summed E-state index contributed by atoms with van der Waals surface area (Å²) in [4.78, 5) is 11.5. The van der Waals surface area contributed by atoms with E-state index in [0.29, 0.717) is 18.5 Å². The molecule has 2 atom stereocenters. The molecule has 0 radical (unpaired) electrons. The fourth-order valence-corrected chi connectivity index (χ4v) is 3.16. The van der Waals surface area contributed by atoms with Gasteiger partial charge in [0.05, 0.1) is 6.61 Å². The molecule has 5 heteroatoms. The standard InChI is InChI=1S/C15H24N4O/c1-3-7-20-14-8-11(2)17-15(18-14)19-9-12-5-4-6-16-13(12)10-19/h8,12-13,16H,3-7,9-10H2,1-2H3. The van der Waals surface area contributed by atoms with Crippen molar-refractivity contribution < 1.29 is 4.74 Å². The van der Waals surface area contributed by atoms with Crippen LogP contribution in [0.4, 0.5) is 5.95 Å². The number of fused-ring (bicyclic) bond motifs is 1. The summed E-state index contributed by atoms with van der Waals surface area (Å²) in [5, 5.41) is 3.62. The number of nitrogens with zero attached hydrogens (tertiary/aromatic N) is 3. The fourth-order valence-electron chi connectivity index (χ4n) is 3.16. The molecule has 110 valence electrons. The first-order chi connectivity index (χ1) is 9.76. The Bertz CT molecular complexity index is 451. The molecule has 3 rings (SSSR count). The number of rotatable bonds is 4. The van der Waals surface area contributed by atoms with Crippen molar-refractivity contribution >= 4 is 5.95 Å². The smallest absolute Gasteiger partial charge is 0.228 e. The lowest BCUT2D eigenvalue weighted by Crippen LogP contribution is -2.40. The van der Waals surface area contributed by atoms with E-state index in [2.05, 4.69) is 27.1 Å². The summed E-state index contributed by atoms with van der Waals surface area (Å²) >= 11 is 0. The monoisotopic (exact) mass is 276 g/mol. The van der Waals surface area contributed by atoms with Crippen molar-refractivity contribution in [2.24, 2.45) is 5.92 Å². The van der Waals surface area contributed by atoms with E-state index in [0.717, 1.165) is 43.6 Å². The maximum absolute atomic E-state index is 5.66. The average Bonchev–Trinajstić information content (AvgIpc) is 2.88. The molecule has 0 bridgehead atoms. The molecule has 0 amide bonds. The molecule has 1 N–H and O–H groups in total. The fraction of sp³-hybridized carbons (Fsp3) is 0.733. The molecule has 2 aliphatic rings. The normalized spacial score (nSPS) is 25.6. The van der Waals surface area contributed by atoms with Crippen molar-refractivity contribution in [3.05, 3.63) is 11.8 Å². The molecule has 0 aromatic carbocycles. The van der Waals surface area contributed by atoms with Crippen LogP contribution in [0.1, 0.15) is 31.9 Å². The van der Waals surface area contributed by atoms with Crippen LogP contribution in [0.25, 0.3) is 0 Å². The molecule has 2 unspecified atom stereocenters. The Morgan fingerprint density at radius 1 is 1.40 bits per heavy atom. The third kappa shape index (κ3) is 2.87. The van der Waals surface area contributed by atoms with Gasteiger partial charge in [-0.25, -0.2) is 4.98 Å². The number of nitrogens with one attached hydrogen (secondary N) is 1. The lowest BCUT2D eigenvalue weighted by Gasteiger charge is -2.24. The number of piperidine rings is 1. The summed E-state index contributed by atoms with van der Waals surface area (Å²) in [6.45, 7) is 8.05. The highest BCUT2D eigenvalue weighted by Crippen LogP contribution is 2.28. The first-order valence-electron chi connectivity index (χ1n) is 7.73. The lowest BCUT2D eigenvalue weighted by molar-refractivity contribution is 0.304. The van der Waals surface area contributed by atoms with Gasteiger partial charge in [-0.2, -0.15) is 4.98 Å². The zero-order chi connectivity index (χ0) is 13.9. The molecule has 1 aromatic heterocycles. The van der Waals surface area contributed by atoms with Gasteiger partial charge in [-0.05, 0) is 38.6 Å². The van der Waals surface area contributed by atoms with Crippen LogP contribution in [0.15, 0.2) is 6.07 Å². The van der Waals surface area contributed by atoms with Gasteiger partial charge in [-0.3, -0.25) is 0 Å². The number of aromatic nitrogens is 2. The van der Waals surface area contributed by atoms with E-state index in [9.17, 15) is 0 Å². The van der Waals surface area contributed by atoms with Crippen molar-refractivity contribution in [1.82, 2.24) is 15.3 Å². The Morgan fingerprint density at radius 3 is 3.10 bits per heavy atom. The Morgan fingerprint density at radius 2 is 2.30 bits per heavy atom. The highest BCUT2D eigenvalue weighted by atomic mass is 16.5. The van der Waals surface area contributed by atoms with Crippen molar-refractivity contribution in [1.29, 1.82) is 0 Å². The largest absolute Gasteiger partial charge is 0.478 e. The third-order valence-electron chi connectivity index (χ3n) is 4.16. The number of hydrogen-bond acceptors (Lipinski definition) is 5. The van der Waals surface area contributed by atoms with Crippen LogP contribution in [0.2, 0.25) is 0 Å². The van der Waals surface area contributed by atoms with E-state index in [1.807, 2.05) is 13.0 Å². The van der Waals surface area contributed by atoms with Gasteiger partial charge in [0.1, 0.15) is 0 Å². The lowest BCUT2D eigenvalue weighted by atomic mass is 9.94. The van der Waals surface area contributed by atoms with E-state index in [1.165, 1.54) is 12.8 Å². The Balaban J connectivity index is 1.74. The molecule has 2 aliphatic heterocycles. The summed E-state index contributed by atoms with van der Waals surface area (Å²) in [7, 11) is 0. The first-order valence-corrected chi connectivity index (χ1v) is 7.73. The van der Waals surface area contributed by atoms with Crippen LogP contribution in [0.3, 0.4) is 0 Å². The second kappa shape index (κ2) is 5.95. The molecule has 0 aliphatic carbocycles. The van der Waals surface area contributed by atoms with E-state index in [-0.39, 0.29) is 0 Å². The van der Waals surface area contributed by atoms with Gasteiger partial charge in [0.25, 0.3) is 0 Å². The number of anilines is 1. The van der Waals surface area contributed by atoms with Gasteiger partial charge < -0.3 is 15.0 Å². The van der Waals surface area contributed by atoms with E-state index < -0.39 is 0 Å². The highest BCUT2D eigenvalue weighted by Gasteiger charge is 2.35. The predicted octanol–water partition coefficient (Wildman–Crippen LogP) is 1.76. The summed E-state index contributed by atoms with van der Waals surface area (Å²) < 4.78 is 5.66. The molecule has 1 aromatic rings. The van der Waals surface area contributed by atoms with E-state index in [1.54, 1.807) is 0 Å². The zero-order valence-corrected chi connectivity index (χ0v) is 12.4. The molecular formula is C15H24N4O.